The molecule has 2 rings (SSSR count). The molecule has 0 saturated heterocycles. The first kappa shape index (κ1) is 30.6. The summed E-state index contributed by atoms with van der Waals surface area (Å²) in [6, 6.07) is 9.00. The Bertz CT molecular complexity index is 1010. The van der Waals surface area contributed by atoms with Gasteiger partial charge in [-0.1, -0.05) is 67.6 Å². The van der Waals surface area contributed by atoms with Crippen molar-refractivity contribution in [1.29, 1.82) is 0 Å². The smallest absolute Gasteiger partial charge is 0.340 e. The number of Topliss-reactive ketones (excluding diaryl/α,β-unsaturated/α-hetero) is 1. The van der Waals surface area contributed by atoms with Crippen LogP contribution in [0, 0.1) is 11.8 Å². The first-order chi connectivity index (χ1) is 17.1. The number of carbonyl (C=O) groups excluding carboxylic acids is 2. The molecule has 37 heavy (non-hydrogen) atoms. The molecule has 0 bridgehead atoms. The molecule has 1 aromatic rings. The Morgan fingerprint density at radius 3 is 2.30 bits per heavy atom. The van der Waals surface area contributed by atoms with Gasteiger partial charge in [0, 0.05) is 23.9 Å². The van der Waals surface area contributed by atoms with Crippen LogP contribution in [-0.2, 0) is 19.0 Å². The highest BCUT2D eigenvalue weighted by Gasteiger charge is 2.42. The molecule has 0 aliphatic heterocycles. The molecule has 6 atom stereocenters. The van der Waals surface area contributed by atoms with Gasteiger partial charge in [-0.15, -0.1) is 0 Å². The summed E-state index contributed by atoms with van der Waals surface area (Å²) in [5.41, 5.74) is 12.5. The van der Waals surface area contributed by atoms with Crippen molar-refractivity contribution in [1.82, 2.24) is 0 Å². The van der Waals surface area contributed by atoms with E-state index in [-0.39, 0.29) is 36.4 Å². The fourth-order valence-electron chi connectivity index (χ4n) is 3.75. The summed E-state index contributed by atoms with van der Waals surface area (Å²) in [7, 11) is 0. The number of rotatable bonds is 13. The molecule has 1 aliphatic carbocycles. The van der Waals surface area contributed by atoms with Crippen LogP contribution in [-0.4, -0.2) is 47.9 Å². The third-order valence-electron chi connectivity index (χ3n) is 7.03. The molecule has 1 aliphatic rings. The van der Waals surface area contributed by atoms with Gasteiger partial charge in [0.1, 0.15) is 0 Å². The largest absolute Gasteiger partial charge is 0.432 e. The van der Waals surface area contributed by atoms with Crippen LogP contribution in [0.25, 0.3) is 0 Å². The van der Waals surface area contributed by atoms with E-state index in [1.807, 2.05) is 66.7 Å². The monoisotopic (exact) mass is 512 g/mol. The van der Waals surface area contributed by atoms with Gasteiger partial charge < -0.3 is 25.7 Å². The lowest BCUT2D eigenvalue weighted by atomic mass is 9.82. The summed E-state index contributed by atoms with van der Waals surface area (Å²) in [5, 5.41) is 0. The molecule has 6 unspecified atom stereocenters. The van der Waals surface area contributed by atoms with Gasteiger partial charge in [0.15, 0.2) is 5.78 Å². The van der Waals surface area contributed by atoms with Gasteiger partial charge in [-0.3, -0.25) is 4.79 Å². The number of ketones is 1. The lowest BCUT2D eigenvalue weighted by Gasteiger charge is -2.43. The number of ether oxygens (including phenoxy) is 3. The third-order valence-corrected chi connectivity index (χ3v) is 7.03. The van der Waals surface area contributed by atoms with Crippen molar-refractivity contribution in [3.05, 3.63) is 71.8 Å². The van der Waals surface area contributed by atoms with E-state index in [2.05, 4.69) is 6.58 Å². The molecule has 0 aromatic heterocycles. The zero-order valence-corrected chi connectivity index (χ0v) is 23.3. The predicted molar refractivity (Wildman–Crippen MR) is 147 cm³/mol. The van der Waals surface area contributed by atoms with Crippen molar-refractivity contribution < 1.29 is 23.8 Å². The van der Waals surface area contributed by atoms with Gasteiger partial charge >= 0.3 is 5.97 Å². The molecule has 0 radical (unpaired) electrons. The highest BCUT2D eigenvalue weighted by Crippen LogP contribution is 2.30. The summed E-state index contributed by atoms with van der Waals surface area (Å²) in [5.74, 6) is -1.04. The van der Waals surface area contributed by atoms with Gasteiger partial charge in [0.2, 0.25) is 6.29 Å². The van der Waals surface area contributed by atoms with Gasteiger partial charge in [0.05, 0.1) is 29.4 Å². The van der Waals surface area contributed by atoms with Crippen molar-refractivity contribution >= 4 is 11.8 Å². The van der Waals surface area contributed by atoms with Crippen LogP contribution in [0.5, 0.6) is 0 Å². The van der Waals surface area contributed by atoms with E-state index in [1.54, 1.807) is 30.4 Å². The van der Waals surface area contributed by atoms with Crippen molar-refractivity contribution in [3.63, 3.8) is 0 Å². The van der Waals surface area contributed by atoms with Gasteiger partial charge in [-0.25, -0.2) is 4.79 Å². The summed E-state index contributed by atoms with van der Waals surface area (Å²) in [6.45, 7) is 17.2. The zero-order chi connectivity index (χ0) is 28.0. The van der Waals surface area contributed by atoms with E-state index in [0.717, 1.165) is 5.57 Å². The summed E-state index contributed by atoms with van der Waals surface area (Å²) in [4.78, 5) is 26.0. The van der Waals surface area contributed by atoms with Crippen LogP contribution in [0.2, 0.25) is 0 Å². The second-order valence-electron chi connectivity index (χ2n) is 11.0. The van der Waals surface area contributed by atoms with Crippen LogP contribution in [0.1, 0.15) is 65.2 Å². The summed E-state index contributed by atoms with van der Waals surface area (Å²) in [6.07, 6.45) is 4.42. The molecule has 0 amide bonds. The minimum absolute atomic E-state index is 0.0149. The van der Waals surface area contributed by atoms with Gasteiger partial charge in [0.25, 0.3) is 0 Å². The number of benzene rings is 1. The van der Waals surface area contributed by atoms with Crippen LogP contribution in [0.3, 0.4) is 0 Å². The van der Waals surface area contributed by atoms with Gasteiger partial charge in [-0.05, 0) is 47.5 Å². The van der Waals surface area contributed by atoms with Crippen LogP contribution in [0.15, 0.2) is 66.3 Å². The first-order valence-electron chi connectivity index (χ1n) is 12.8. The standard InChI is InChI=1S/C30H44N2O5/c1-19(2)16-26(37-29(6,7)30(8,32)18-35-22(5)21(4)31)36-28(34)24-14-15-25(20(3)17-24)27(33)23-12-10-9-11-13-23/h9-15,17,20-22,25-26H,1,16,18,31-32H2,2-8H3. The normalized spacial score (nSPS) is 21.8. The molecule has 0 heterocycles. The molecule has 0 fully saturated rings. The lowest BCUT2D eigenvalue weighted by Crippen LogP contribution is -2.61. The molecule has 7 heteroatoms. The minimum atomic E-state index is -0.914. The third kappa shape index (κ3) is 8.47. The molecule has 204 valence electrons. The zero-order valence-electron chi connectivity index (χ0n) is 23.3. The SMILES string of the molecule is C=C(C)CC(OC(=O)C1=CC(C)C(C(=O)c2ccccc2)C=C1)OC(C)(C)C(C)(N)COC(C)C(C)N. The van der Waals surface area contributed by atoms with Crippen LogP contribution < -0.4 is 11.5 Å². The number of esters is 1. The van der Waals surface area contributed by atoms with Crippen LogP contribution in [0.4, 0.5) is 0 Å². The molecular formula is C30H44N2O5. The number of hydrogen-bond donors (Lipinski definition) is 2. The fourth-order valence-corrected chi connectivity index (χ4v) is 3.75. The number of nitrogens with two attached hydrogens (primary N) is 2. The molecule has 1 aromatic carbocycles. The highest BCUT2D eigenvalue weighted by atomic mass is 16.7. The summed E-state index contributed by atoms with van der Waals surface area (Å²) < 4.78 is 17.9. The molecule has 0 spiro atoms. The molecule has 7 nitrogen and oxygen atoms in total. The Labute approximate surface area is 221 Å². The second-order valence-corrected chi connectivity index (χ2v) is 11.0. The van der Waals surface area contributed by atoms with E-state index in [9.17, 15) is 9.59 Å². The maximum atomic E-state index is 13.1. The average Bonchev–Trinajstić information content (AvgIpc) is 2.81. The lowest BCUT2D eigenvalue weighted by molar-refractivity contribution is -0.220. The predicted octanol–water partition coefficient (Wildman–Crippen LogP) is 4.72. The Morgan fingerprint density at radius 1 is 1.14 bits per heavy atom. The number of hydrogen-bond acceptors (Lipinski definition) is 7. The fraction of sp³-hybridized carbons (Fsp3) is 0.533. The van der Waals surface area contributed by atoms with Crippen molar-refractivity contribution in [2.75, 3.05) is 6.61 Å². The van der Waals surface area contributed by atoms with Crippen LogP contribution >= 0.6 is 0 Å². The minimum Gasteiger partial charge on any atom is -0.432 e. The Morgan fingerprint density at radius 2 is 1.76 bits per heavy atom. The maximum Gasteiger partial charge on any atom is 0.340 e. The van der Waals surface area contributed by atoms with E-state index in [4.69, 9.17) is 25.7 Å². The first-order valence-corrected chi connectivity index (χ1v) is 12.8. The molecule has 0 saturated carbocycles. The quantitative estimate of drug-likeness (QED) is 0.170. The second kappa shape index (κ2) is 12.8. The van der Waals surface area contributed by atoms with Crippen molar-refractivity contribution in [2.24, 2.45) is 23.3 Å². The molecule has 4 N–H and O–H groups in total. The molecular weight excluding hydrogens is 468 g/mol. The number of carbonyl (C=O) groups is 2. The number of allylic oxidation sites excluding steroid dienone is 2. The average molecular weight is 513 g/mol. The maximum absolute atomic E-state index is 13.1. The van der Waals surface area contributed by atoms with E-state index in [0.29, 0.717) is 17.6 Å². The Kier molecular flexibility index (Phi) is 10.6. The van der Waals surface area contributed by atoms with E-state index >= 15 is 0 Å². The highest BCUT2D eigenvalue weighted by molar-refractivity contribution is 6.00. The van der Waals surface area contributed by atoms with Crippen molar-refractivity contribution in [3.8, 4) is 0 Å². The summed E-state index contributed by atoms with van der Waals surface area (Å²) >= 11 is 0. The Hall–Kier alpha value is -2.58. The van der Waals surface area contributed by atoms with Crippen molar-refractivity contribution in [2.45, 2.75) is 84.5 Å². The Balaban J connectivity index is 2.10. The van der Waals surface area contributed by atoms with E-state index in [1.165, 1.54) is 0 Å². The topological polar surface area (TPSA) is 114 Å². The van der Waals surface area contributed by atoms with Gasteiger partial charge in [-0.2, -0.15) is 0 Å². The van der Waals surface area contributed by atoms with E-state index < -0.39 is 23.4 Å².